The summed E-state index contributed by atoms with van der Waals surface area (Å²) in [5.74, 6) is 0.00532. The van der Waals surface area contributed by atoms with Gasteiger partial charge in [0.2, 0.25) is 0 Å². The van der Waals surface area contributed by atoms with Crippen LogP contribution < -0.4 is 0 Å². The van der Waals surface area contributed by atoms with Crippen LogP contribution in [0.1, 0.15) is 50.3 Å². The molecule has 6 aliphatic heterocycles. The molecule has 6 nitrogen and oxygen atoms in total. The van der Waals surface area contributed by atoms with Gasteiger partial charge >= 0.3 is 0 Å². The predicted molar refractivity (Wildman–Crippen MR) is 119 cm³/mol. The molecule has 6 heteroatoms. The van der Waals surface area contributed by atoms with Crippen molar-refractivity contribution in [2.24, 2.45) is 0 Å². The molecule has 0 N–H and O–H groups in total. The molecular formula is C24H36N6. The van der Waals surface area contributed by atoms with Gasteiger partial charge in [-0.25, -0.2) is 0 Å². The van der Waals surface area contributed by atoms with Crippen LogP contribution in [0.15, 0.2) is 24.4 Å². The van der Waals surface area contributed by atoms with E-state index in [-0.39, 0.29) is 11.4 Å². The first kappa shape index (κ1) is 18.4. The summed E-state index contributed by atoms with van der Waals surface area (Å²) in [6, 6.07) is 4.97. The Morgan fingerprint density at radius 1 is 0.700 bits per heavy atom. The lowest BCUT2D eigenvalue weighted by Crippen LogP contribution is -2.89. The minimum Gasteiger partial charge on any atom is -0.326 e. The molecule has 0 aliphatic carbocycles. The minimum atomic E-state index is 0.00532. The van der Waals surface area contributed by atoms with E-state index < -0.39 is 0 Å². The first-order valence-electron chi connectivity index (χ1n) is 12.5. The molecule has 5 saturated heterocycles. The highest BCUT2D eigenvalue weighted by Gasteiger charge is 2.71. The molecular weight excluding hydrogens is 372 g/mol. The quantitative estimate of drug-likeness (QED) is 0.695. The average molecular weight is 409 g/mol. The Morgan fingerprint density at radius 2 is 1.37 bits per heavy atom. The van der Waals surface area contributed by atoms with Crippen molar-refractivity contribution < 1.29 is 0 Å². The van der Waals surface area contributed by atoms with Crippen LogP contribution in [-0.4, -0.2) is 99.4 Å². The Bertz CT molecular complexity index is 831. The monoisotopic (exact) mass is 408 g/mol. The number of hydrogen-bond donors (Lipinski definition) is 0. The van der Waals surface area contributed by atoms with Crippen molar-refractivity contribution in [3.63, 3.8) is 0 Å². The van der Waals surface area contributed by atoms with E-state index in [9.17, 15) is 0 Å². The fourth-order valence-electron chi connectivity index (χ4n) is 7.49. The maximum Gasteiger partial charge on any atom is 0.165 e. The Morgan fingerprint density at radius 3 is 2.00 bits per heavy atom. The van der Waals surface area contributed by atoms with E-state index in [1.54, 1.807) is 0 Å². The fraction of sp³-hybridized carbons (Fsp3) is 0.750. The van der Waals surface area contributed by atoms with Crippen molar-refractivity contribution in [3.8, 4) is 0 Å². The van der Waals surface area contributed by atoms with Gasteiger partial charge in [0.25, 0.3) is 0 Å². The van der Waals surface area contributed by atoms with Crippen LogP contribution in [0.4, 0.5) is 0 Å². The first-order chi connectivity index (χ1) is 14.9. The van der Waals surface area contributed by atoms with Crippen LogP contribution >= 0.6 is 0 Å². The molecule has 0 aromatic carbocycles. The van der Waals surface area contributed by atoms with Crippen LogP contribution in [0, 0.1) is 0 Å². The highest BCUT2D eigenvalue weighted by atomic mass is 15.7. The van der Waals surface area contributed by atoms with Gasteiger partial charge in [-0.15, -0.1) is 0 Å². The summed E-state index contributed by atoms with van der Waals surface area (Å²) in [5, 5.41) is 0. The molecule has 0 spiro atoms. The van der Waals surface area contributed by atoms with Crippen LogP contribution in [0.3, 0.4) is 0 Å². The lowest BCUT2D eigenvalue weighted by Gasteiger charge is -2.72. The Kier molecular flexibility index (Phi) is 4.08. The molecule has 0 bridgehead atoms. The molecule has 0 radical (unpaired) electrons. The summed E-state index contributed by atoms with van der Waals surface area (Å²) in [4.78, 5) is 14.6. The molecule has 1 aromatic heterocycles. The number of nitrogens with zero attached hydrogens (tertiary/aromatic N) is 6. The van der Waals surface area contributed by atoms with Gasteiger partial charge in [0.15, 0.2) is 5.79 Å². The molecule has 7 heterocycles. The third-order valence-corrected chi connectivity index (χ3v) is 8.94. The number of aromatic nitrogens is 1. The summed E-state index contributed by atoms with van der Waals surface area (Å²) in [7, 11) is 0. The van der Waals surface area contributed by atoms with Crippen molar-refractivity contribution in [3.05, 3.63) is 30.1 Å². The van der Waals surface area contributed by atoms with Gasteiger partial charge in [-0.3, -0.25) is 24.5 Å². The zero-order valence-corrected chi connectivity index (χ0v) is 18.3. The van der Waals surface area contributed by atoms with Crippen molar-refractivity contribution in [2.75, 3.05) is 58.9 Å². The van der Waals surface area contributed by atoms with E-state index in [0.29, 0.717) is 6.04 Å². The summed E-state index contributed by atoms with van der Waals surface area (Å²) < 4.78 is 2.35. The van der Waals surface area contributed by atoms with Crippen LogP contribution in [-0.2, 0) is 0 Å². The van der Waals surface area contributed by atoms with Gasteiger partial charge in [-0.1, -0.05) is 0 Å². The molecule has 0 amide bonds. The molecule has 6 aliphatic rings. The Labute approximate surface area is 180 Å². The van der Waals surface area contributed by atoms with Crippen LogP contribution in [0.2, 0.25) is 0 Å². The summed E-state index contributed by atoms with van der Waals surface area (Å²) in [6.07, 6.45) is 15.1. The smallest absolute Gasteiger partial charge is 0.165 e. The van der Waals surface area contributed by atoms with Gasteiger partial charge in [-0.05, 0) is 56.7 Å². The van der Waals surface area contributed by atoms with Crippen LogP contribution in [0.25, 0.3) is 6.20 Å². The second kappa shape index (κ2) is 6.66. The topological polar surface area (TPSA) is 20.9 Å². The normalized spacial score (nSPS) is 40.5. The lowest BCUT2D eigenvalue weighted by molar-refractivity contribution is -0.316. The average Bonchev–Trinajstić information content (AvgIpc) is 3.05. The van der Waals surface area contributed by atoms with E-state index in [4.69, 9.17) is 0 Å². The number of fused-ring (bicyclic) bond motifs is 1. The van der Waals surface area contributed by atoms with Gasteiger partial charge in [0.05, 0.1) is 6.04 Å². The second-order valence-corrected chi connectivity index (χ2v) is 10.2. The summed E-state index contributed by atoms with van der Waals surface area (Å²) >= 11 is 0. The van der Waals surface area contributed by atoms with Gasteiger partial charge in [0, 0.05) is 77.0 Å². The van der Waals surface area contributed by atoms with Gasteiger partial charge in [0.1, 0.15) is 5.66 Å². The van der Waals surface area contributed by atoms with E-state index in [1.165, 1.54) is 103 Å². The molecule has 162 valence electrons. The number of piperidine rings is 1. The van der Waals surface area contributed by atoms with E-state index in [1.807, 2.05) is 0 Å². The van der Waals surface area contributed by atoms with E-state index in [2.05, 4.69) is 59.7 Å². The standard InChI is InChI=1S/C24H36N6/c1-2-12-28(11-1)24(29-15-6-16-29)23(27-19-20-27,26-13-5-14-26)9-4-17-30(24)22-8-18-25-10-3-7-21(22)25/h3,7-8,10,18,22H,1-2,4-6,9,11-17,19-20H2. The fourth-order valence-corrected chi connectivity index (χ4v) is 7.49. The molecule has 30 heavy (non-hydrogen) atoms. The van der Waals surface area contributed by atoms with Gasteiger partial charge in [-0.2, -0.15) is 0 Å². The predicted octanol–water partition coefficient (Wildman–Crippen LogP) is 2.28. The molecule has 1 aromatic rings. The minimum absolute atomic E-state index is 0.00532. The number of likely N-dealkylation sites (tertiary alicyclic amines) is 4. The molecule has 5 fully saturated rings. The summed E-state index contributed by atoms with van der Waals surface area (Å²) in [5.41, 5.74) is 1.62. The maximum absolute atomic E-state index is 2.97. The Hall–Kier alpha value is -1.18. The highest BCUT2D eigenvalue weighted by molar-refractivity contribution is 5.41. The third-order valence-electron chi connectivity index (χ3n) is 8.94. The Balaban J connectivity index is 1.43. The zero-order valence-electron chi connectivity index (χ0n) is 18.3. The van der Waals surface area contributed by atoms with Gasteiger partial charge < -0.3 is 4.57 Å². The van der Waals surface area contributed by atoms with Crippen molar-refractivity contribution in [2.45, 2.75) is 56.0 Å². The summed E-state index contributed by atoms with van der Waals surface area (Å²) in [6.45, 7) is 11.4. The van der Waals surface area contributed by atoms with Crippen molar-refractivity contribution >= 4 is 6.20 Å². The first-order valence-corrected chi connectivity index (χ1v) is 12.5. The highest BCUT2D eigenvalue weighted by Crippen LogP contribution is 2.56. The maximum atomic E-state index is 2.97. The number of hydrogen-bond acceptors (Lipinski definition) is 5. The van der Waals surface area contributed by atoms with Crippen LogP contribution in [0.5, 0.6) is 0 Å². The third kappa shape index (κ3) is 2.22. The molecule has 3 atom stereocenters. The zero-order chi connectivity index (χ0) is 19.8. The van der Waals surface area contributed by atoms with E-state index in [0.717, 1.165) is 0 Å². The molecule has 7 rings (SSSR count). The van der Waals surface area contributed by atoms with Crippen molar-refractivity contribution in [1.29, 1.82) is 0 Å². The lowest BCUT2D eigenvalue weighted by atomic mass is 9.79. The largest absolute Gasteiger partial charge is 0.326 e. The molecule has 0 saturated carbocycles. The van der Waals surface area contributed by atoms with E-state index >= 15 is 0 Å². The molecule has 3 unspecified atom stereocenters. The SMILES string of the molecule is C1=Cn2cccc2C1N1CCCC(N2CCC2)(N2CC2)C1(N1CCCC1)N1CCC1. The van der Waals surface area contributed by atoms with Crippen molar-refractivity contribution in [1.82, 2.24) is 29.1 Å². The number of rotatable bonds is 5. The second-order valence-electron chi connectivity index (χ2n) is 10.2.